The van der Waals surface area contributed by atoms with E-state index in [1.807, 2.05) is 48.5 Å². The summed E-state index contributed by atoms with van der Waals surface area (Å²) in [6.45, 7) is 2.06. The van der Waals surface area contributed by atoms with Crippen LogP contribution in [0.1, 0.15) is 37.3 Å². The standard InChI is InChI=1S/C23H27N2O3S/c1-18(26)24-21-22(27)25(24,16-10-4-9-13-19-11-5-2-6-12-19)23(21)29(28)17-20-14-7-3-8-15-20/h2-3,5-8,11-12,14-15,21,23H,4,9-10,13,16-17H2,1H3/q+1. The Hall–Kier alpha value is -2.31. The van der Waals surface area contributed by atoms with Crippen LogP contribution in [0.4, 0.5) is 0 Å². The first-order valence-electron chi connectivity index (χ1n) is 10.2. The van der Waals surface area contributed by atoms with E-state index in [9.17, 15) is 13.8 Å². The van der Waals surface area contributed by atoms with Crippen molar-refractivity contribution in [2.45, 2.75) is 49.8 Å². The van der Waals surface area contributed by atoms with Gasteiger partial charge in [-0.3, -0.25) is 9.00 Å². The van der Waals surface area contributed by atoms with Gasteiger partial charge in [0.05, 0.1) is 16.6 Å². The van der Waals surface area contributed by atoms with Crippen molar-refractivity contribution in [1.82, 2.24) is 5.01 Å². The number of hydrogen-bond acceptors (Lipinski definition) is 3. The number of quaternary nitrogens is 1. The molecule has 3 fully saturated rings. The molecule has 0 radical (unpaired) electrons. The molecular formula is C23H27N2O3S+. The van der Waals surface area contributed by atoms with Crippen molar-refractivity contribution in [2.24, 2.45) is 0 Å². The molecule has 0 saturated carbocycles. The van der Waals surface area contributed by atoms with E-state index in [4.69, 9.17) is 0 Å². The molecule has 0 aliphatic carbocycles. The van der Waals surface area contributed by atoms with Crippen molar-refractivity contribution in [2.75, 3.05) is 6.54 Å². The molecular weight excluding hydrogens is 384 g/mol. The molecule has 0 aromatic heterocycles. The number of amides is 2. The highest BCUT2D eigenvalue weighted by Gasteiger charge is 2.86. The van der Waals surface area contributed by atoms with Crippen molar-refractivity contribution >= 4 is 22.6 Å². The summed E-state index contributed by atoms with van der Waals surface area (Å²) in [5.74, 6) is 0.371. The Kier molecular flexibility index (Phi) is 5.65. The van der Waals surface area contributed by atoms with E-state index in [0.29, 0.717) is 12.3 Å². The van der Waals surface area contributed by atoms with Crippen LogP contribution < -0.4 is 0 Å². The zero-order valence-corrected chi connectivity index (χ0v) is 17.5. The molecule has 3 aliphatic rings. The van der Waals surface area contributed by atoms with Crippen LogP contribution in [-0.4, -0.2) is 43.6 Å². The monoisotopic (exact) mass is 411 g/mol. The Morgan fingerprint density at radius 1 is 0.966 bits per heavy atom. The summed E-state index contributed by atoms with van der Waals surface area (Å²) in [7, 11) is -1.19. The Bertz CT molecular complexity index is 918. The van der Waals surface area contributed by atoms with Crippen LogP contribution in [0, 0.1) is 0 Å². The van der Waals surface area contributed by atoms with E-state index in [0.717, 1.165) is 31.2 Å². The molecule has 2 amide bonds. The molecule has 2 aromatic rings. The molecule has 152 valence electrons. The van der Waals surface area contributed by atoms with Crippen molar-refractivity contribution in [3.63, 3.8) is 0 Å². The lowest BCUT2D eigenvalue weighted by Gasteiger charge is -2.68. The number of nitrogens with zero attached hydrogens (tertiary/aromatic N) is 2. The minimum atomic E-state index is -1.19. The van der Waals surface area contributed by atoms with Crippen molar-refractivity contribution in [3.8, 4) is 0 Å². The normalized spacial score (nSPS) is 25.8. The van der Waals surface area contributed by atoms with E-state index in [2.05, 4.69) is 12.1 Å². The van der Waals surface area contributed by atoms with Crippen molar-refractivity contribution < 1.29 is 18.4 Å². The van der Waals surface area contributed by atoms with Crippen LogP contribution in [0.5, 0.6) is 0 Å². The maximum absolute atomic E-state index is 13.0. The highest BCUT2D eigenvalue weighted by molar-refractivity contribution is 7.84. The second-order valence-corrected chi connectivity index (χ2v) is 9.43. The topological polar surface area (TPSA) is 54.5 Å². The summed E-state index contributed by atoms with van der Waals surface area (Å²) in [6, 6.07) is 19.6. The van der Waals surface area contributed by atoms with Crippen LogP contribution in [-0.2, 0) is 32.6 Å². The molecule has 3 saturated heterocycles. The van der Waals surface area contributed by atoms with Gasteiger partial charge in [-0.2, -0.15) is 5.01 Å². The van der Waals surface area contributed by atoms with Gasteiger partial charge in [-0.25, -0.2) is 4.79 Å². The number of rotatable bonds is 9. The van der Waals surface area contributed by atoms with Crippen LogP contribution in [0.3, 0.4) is 0 Å². The number of carbonyl (C=O) groups excluding carboxylic acids is 2. The van der Waals surface area contributed by atoms with Crippen LogP contribution in [0.25, 0.3) is 0 Å². The lowest BCUT2D eigenvalue weighted by atomic mass is 9.93. The Labute approximate surface area is 174 Å². The van der Waals surface area contributed by atoms with Crippen LogP contribution in [0.15, 0.2) is 60.7 Å². The van der Waals surface area contributed by atoms with Gasteiger partial charge in [0.1, 0.15) is 6.54 Å². The molecule has 4 unspecified atom stereocenters. The van der Waals surface area contributed by atoms with E-state index in [1.54, 1.807) is 5.01 Å². The average Bonchev–Trinajstić information content (AvgIpc) is 2.70. The molecule has 0 spiro atoms. The van der Waals surface area contributed by atoms with Crippen LogP contribution in [0.2, 0.25) is 0 Å². The zero-order chi connectivity index (χ0) is 20.4. The zero-order valence-electron chi connectivity index (χ0n) is 16.7. The Morgan fingerprint density at radius 2 is 1.59 bits per heavy atom. The molecule has 3 heterocycles. The van der Waals surface area contributed by atoms with Gasteiger partial charge in [0, 0.05) is 6.92 Å². The molecule has 4 atom stereocenters. The fourth-order valence-corrected chi connectivity index (χ4v) is 6.55. The fraction of sp³-hybridized carbons (Fsp3) is 0.391. The third-order valence-electron chi connectivity index (χ3n) is 6.02. The minimum absolute atomic E-state index is 0.0230. The predicted molar refractivity (Wildman–Crippen MR) is 113 cm³/mol. The fourth-order valence-electron chi connectivity index (χ4n) is 4.64. The lowest BCUT2D eigenvalue weighted by molar-refractivity contribution is -1.07. The second kappa shape index (κ2) is 8.20. The molecule has 2 bridgehead atoms. The quantitative estimate of drug-likeness (QED) is 0.362. The maximum Gasteiger partial charge on any atom is 0.375 e. The minimum Gasteiger partial charge on any atom is -0.270 e. The summed E-state index contributed by atoms with van der Waals surface area (Å²) in [4.78, 5) is 24.7. The third-order valence-corrected chi connectivity index (χ3v) is 7.79. The maximum atomic E-state index is 13.0. The van der Waals surface area contributed by atoms with E-state index in [-0.39, 0.29) is 21.8 Å². The Morgan fingerprint density at radius 3 is 2.17 bits per heavy atom. The number of benzene rings is 2. The summed E-state index contributed by atoms with van der Waals surface area (Å²) < 4.78 is 13.0. The molecule has 5 nitrogen and oxygen atoms in total. The molecule has 3 aliphatic heterocycles. The van der Waals surface area contributed by atoms with Gasteiger partial charge >= 0.3 is 5.91 Å². The van der Waals surface area contributed by atoms with Gasteiger partial charge in [0.25, 0.3) is 11.9 Å². The first kappa shape index (κ1) is 20.0. The van der Waals surface area contributed by atoms with Gasteiger partial charge < -0.3 is 0 Å². The van der Waals surface area contributed by atoms with Crippen LogP contribution >= 0.6 is 0 Å². The first-order valence-corrected chi connectivity index (χ1v) is 11.6. The summed E-state index contributed by atoms with van der Waals surface area (Å²) in [5, 5.41) is 1.35. The molecule has 2 aromatic carbocycles. The molecule has 6 heteroatoms. The molecule has 29 heavy (non-hydrogen) atoms. The van der Waals surface area contributed by atoms with Gasteiger partial charge in [0.15, 0.2) is 0 Å². The van der Waals surface area contributed by atoms with Gasteiger partial charge in [-0.15, -0.1) is 4.59 Å². The first-order chi connectivity index (χ1) is 14.1. The van der Waals surface area contributed by atoms with Crippen molar-refractivity contribution in [1.29, 1.82) is 0 Å². The SMILES string of the molecule is CC(=O)N1C2C(=O)[N+]1(CCCCCc1ccccc1)C2S(=O)Cc1ccccc1. The lowest BCUT2D eigenvalue weighted by Crippen LogP contribution is -3.01. The number of β-lactam (4-membered cyclic amide) rings is 1. The van der Waals surface area contributed by atoms with Crippen molar-refractivity contribution in [3.05, 3.63) is 71.8 Å². The van der Waals surface area contributed by atoms with E-state index < -0.39 is 16.8 Å². The average molecular weight is 412 g/mol. The predicted octanol–water partition coefficient (Wildman–Crippen LogP) is 3.18. The smallest absolute Gasteiger partial charge is 0.270 e. The third kappa shape index (κ3) is 3.45. The van der Waals surface area contributed by atoms with E-state index in [1.165, 1.54) is 12.5 Å². The molecule has 5 rings (SSSR count). The summed E-state index contributed by atoms with van der Waals surface area (Å²) in [6.07, 6.45) is 3.88. The number of hydrogen-bond donors (Lipinski definition) is 0. The second-order valence-electron chi connectivity index (χ2n) is 7.89. The van der Waals surface area contributed by atoms with Gasteiger partial charge in [0.2, 0.25) is 5.37 Å². The number of unbranched alkanes of at least 4 members (excludes halogenated alkanes) is 2. The van der Waals surface area contributed by atoms with Gasteiger partial charge in [-0.1, -0.05) is 60.7 Å². The largest absolute Gasteiger partial charge is 0.375 e. The summed E-state index contributed by atoms with van der Waals surface area (Å²) >= 11 is 0. The van der Waals surface area contributed by atoms with E-state index >= 15 is 0 Å². The Balaban J connectivity index is 1.37. The number of aryl methyl sites for hydroxylation is 1. The highest BCUT2D eigenvalue weighted by Crippen LogP contribution is 2.52. The molecule has 0 N–H and O–H groups in total. The van der Waals surface area contributed by atoms with Gasteiger partial charge in [-0.05, 0) is 36.8 Å². The highest BCUT2D eigenvalue weighted by atomic mass is 32.2. The summed E-state index contributed by atoms with van der Waals surface area (Å²) in [5.41, 5.74) is 2.32. The number of carbonyl (C=O) groups is 2.